The van der Waals surface area contributed by atoms with E-state index < -0.39 is 0 Å². The Morgan fingerprint density at radius 3 is 3.05 bits per heavy atom. The number of carbonyl (C=O) groups is 2. The van der Waals surface area contributed by atoms with E-state index in [2.05, 4.69) is 10.3 Å². The molecule has 6 heteroatoms. The van der Waals surface area contributed by atoms with Gasteiger partial charge >= 0.3 is 0 Å². The van der Waals surface area contributed by atoms with Crippen molar-refractivity contribution in [1.82, 2.24) is 9.88 Å². The summed E-state index contributed by atoms with van der Waals surface area (Å²) in [7, 11) is 1.77. The number of para-hydroxylation sites is 1. The van der Waals surface area contributed by atoms with E-state index >= 15 is 0 Å². The van der Waals surface area contributed by atoms with Crippen LogP contribution in [0.4, 0.5) is 5.69 Å². The minimum absolute atomic E-state index is 0.0290. The number of aromatic nitrogens is 1. The van der Waals surface area contributed by atoms with E-state index in [4.69, 9.17) is 0 Å². The van der Waals surface area contributed by atoms with Crippen LogP contribution >= 0.6 is 11.3 Å². The highest BCUT2D eigenvalue weighted by Crippen LogP contribution is 2.34. The van der Waals surface area contributed by atoms with Crippen LogP contribution in [-0.4, -0.2) is 28.7 Å². The molecule has 1 unspecified atom stereocenters. The van der Waals surface area contributed by atoms with Gasteiger partial charge < -0.3 is 10.2 Å². The lowest BCUT2D eigenvalue weighted by Gasteiger charge is -2.26. The van der Waals surface area contributed by atoms with Crippen molar-refractivity contribution in [3.8, 4) is 0 Å². The average molecular weight is 315 g/mol. The van der Waals surface area contributed by atoms with Crippen LogP contribution in [0.5, 0.6) is 0 Å². The Morgan fingerprint density at radius 2 is 2.27 bits per heavy atom. The van der Waals surface area contributed by atoms with Crippen molar-refractivity contribution in [1.29, 1.82) is 0 Å². The first-order valence-corrected chi connectivity index (χ1v) is 8.07. The summed E-state index contributed by atoms with van der Waals surface area (Å²) in [6.45, 7) is 0.503. The van der Waals surface area contributed by atoms with Crippen molar-refractivity contribution < 1.29 is 9.59 Å². The number of thiazole rings is 1. The molecule has 1 aliphatic heterocycles. The molecule has 0 saturated carbocycles. The molecule has 1 aliphatic rings. The molecule has 3 rings (SSSR count). The number of benzene rings is 1. The van der Waals surface area contributed by atoms with E-state index in [1.165, 1.54) is 11.3 Å². The number of amides is 2. The monoisotopic (exact) mass is 315 g/mol. The Hall–Kier alpha value is -2.21. The summed E-state index contributed by atoms with van der Waals surface area (Å²) in [5.41, 5.74) is 4.51. The summed E-state index contributed by atoms with van der Waals surface area (Å²) in [6.07, 6.45) is 0.693. The van der Waals surface area contributed by atoms with E-state index in [-0.39, 0.29) is 17.7 Å². The van der Waals surface area contributed by atoms with Gasteiger partial charge in [-0.1, -0.05) is 18.2 Å². The number of hydrogen-bond donors (Lipinski definition) is 1. The van der Waals surface area contributed by atoms with Gasteiger partial charge in [-0.25, -0.2) is 4.98 Å². The molecular weight excluding hydrogens is 298 g/mol. The number of nitrogens with one attached hydrogen (secondary N) is 1. The van der Waals surface area contributed by atoms with Crippen LogP contribution in [0.25, 0.3) is 0 Å². The number of hydrogen-bond acceptors (Lipinski definition) is 4. The molecule has 0 spiro atoms. The van der Waals surface area contributed by atoms with Crippen molar-refractivity contribution in [2.24, 2.45) is 0 Å². The molecule has 0 radical (unpaired) electrons. The first-order chi connectivity index (χ1) is 10.6. The normalized spacial score (nSPS) is 16.8. The lowest BCUT2D eigenvalue weighted by atomic mass is 9.87. The van der Waals surface area contributed by atoms with Gasteiger partial charge in [0.1, 0.15) is 0 Å². The highest BCUT2D eigenvalue weighted by Gasteiger charge is 2.27. The van der Waals surface area contributed by atoms with Crippen LogP contribution in [-0.2, 0) is 16.1 Å². The summed E-state index contributed by atoms with van der Waals surface area (Å²) < 4.78 is 0. The van der Waals surface area contributed by atoms with Gasteiger partial charge in [0.2, 0.25) is 11.8 Å². The molecule has 1 aromatic heterocycles. The SMILES string of the molecule is CN(Cc1cscn1)C(=O)CC1CC(=O)Nc2ccccc21. The zero-order valence-corrected chi connectivity index (χ0v) is 13.1. The zero-order valence-electron chi connectivity index (χ0n) is 12.3. The number of nitrogens with zero attached hydrogens (tertiary/aromatic N) is 2. The molecule has 2 heterocycles. The lowest BCUT2D eigenvalue weighted by Crippen LogP contribution is -2.30. The Balaban J connectivity index is 1.70. The second kappa shape index (κ2) is 6.27. The maximum atomic E-state index is 12.4. The highest BCUT2D eigenvalue weighted by molar-refractivity contribution is 7.07. The smallest absolute Gasteiger partial charge is 0.225 e. The molecule has 114 valence electrons. The fourth-order valence-electron chi connectivity index (χ4n) is 2.70. The molecule has 1 aromatic carbocycles. The standard InChI is InChI=1S/C16H17N3O2S/c1-19(8-12-9-22-10-17-12)16(21)7-11-6-15(20)18-14-5-3-2-4-13(11)14/h2-5,9-11H,6-8H2,1H3,(H,18,20). The predicted octanol–water partition coefficient (Wildman–Crippen LogP) is 2.62. The van der Waals surface area contributed by atoms with Gasteiger partial charge in [-0.2, -0.15) is 0 Å². The summed E-state index contributed by atoms with van der Waals surface area (Å²) >= 11 is 1.52. The quantitative estimate of drug-likeness (QED) is 0.943. The first-order valence-electron chi connectivity index (χ1n) is 7.13. The number of anilines is 1. The third-order valence-corrected chi connectivity index (χ3v) is 4.47. The summed E-state index contributed by atoms with van der Waals surface area (Å²) in [5, 5.41) is 4.79. The van der Waals surface area contributed by atoms with E-state index in [1.807, 2.05) is 29.6 Å². The largest absolute Gasteiger partial charge is 0.340 e. The molecule has 0 fully saturated rings. The van der Waals surface area contributed by atoms with Crippen LogP contribution in [0, 0.1) is 0 Å². The number of rotatable bonds is 4. The van der Waals surface area contributed by atoms with Crippen LogP contribution in [0.15, 0.2) is 35.2 Å². The Labute approximate surface area is 133 Å². The second-order valence-corrected chi connectivity index (χ2v) is 6.19. The molecule has 22 heavy (non-hydrogen) atoms. The third kappa shape index (κ3) is 3.17. The molecule has 2 amide bonds. The second-order valence-electron chi connectivity index (χ2n) is 5.47. The molecule has 2 aromatic rings. The van der Waals surface area contributed by atoms with Gasteiger partial charge in [0, 0.05) is 36.9 Å². The number of fused-ring (bicyclic) bond motifs is 1. The average Bonchev–Trinajstić information content (AvgIpc) is 3.00. The van der Waals surface area contributed by atoms with Crippen molar-refractivity contribution >= 4 is 28.8 Å². The topological polar surface area (TPSA) is 62.3 Å². The van der Waals surface area contributed by atoms with Crippen LogP contribution in [0.3, 0.4) is 0 Å². The summed E-state index contributed by atoms with van der Waals surface area (Å²) in [6, 6.07) is 7.68. The first kappa shape index (κ1) is 14.7. The maximum absolute atomic E-state index is 12.4. The molecule has 1 N–H and O–H groups in total. The minimum atomic E-state index is -0.0599. The van der Waals surface area contributed by atoms with Crippen molar-refractivity contribution in [2.75, 3.05) is 12.4 Å². The number of carbonyl (C=O) groups excluding carboxylic acids is 2. The predicted molar refractivity (Wildman–Crippen MR) is 85.6 cm³/mol. The van der Waals surface area contributed by atoms with Crippen molar-refractivity contribution in [3.63, 3.8) is 0 Å². The Bertz CT molecular complexity index is 684. The van der Waals surface area contributed by atoms with E-state index in [1.54, 1.807) is 17.5 Å². The van der Waals surface area contributed by atoms with E-state index in [9.17, 15) is 9.59 Å². The van der Waals surface area contributed by atoms with Crippen molar-refractivity contribution in [3.05, 3.63) is 46.4 Å². The van der Waals surface area contributed by atoms with Crippen LogP contribution in [0.2, 0.25) is 0 Å². The van der Waals surface area contributed by atoms with Gasteiger partial charge in [0.25, 0.3) is 0 Å². The van der Waals surface area contributed by atoms with Gasteiger partial charge in [-0.3, -0.25) is 9.59 Å². The van der Waals surface area contributed by atoms with Gasteiger partial charge in [-0.05, 0) is 11.6 Å². The van der Waals surface area contributed by atoms with Crippen LogP contribution in [0.1, 0.15) is 30.0 Å². The Morgan fingerprint density at radius 1 is 1.45 bits per heavy atom. The highest BCUT2D eigenvalue weighted by atomic mass is 32.1. The molecule has 0 saturated heterocycles. The fraction of sp³-hybridized carbons (Fsp3) is 0.312. The molecule has 0 bridgehead atoms. The molecular formula is C16H17N3O2S. The molecule has 0 aliphatic carbocycles. The zero-order chi connectivity index (χ0) is 15.5. The lowest BCUT2D eigenvalue weighted by molar-refractivity contribution is -0.131. The maximum Gasteiger partial charge on any atom is 0.225 e. The Kier molecular flexibility index (Phi) is 4.20. The van der Waals surface area contributed by atoms with Gasteiger partial charge in [0.05, 0.1) is 17.7 Å². The van der Waals surface area contributed by atoms with Crippen LogP contribution < -0.4 is 5.32 Å². The fourth-order valence-corrected chi connectivity index (χ4v) is 3.25. The third-order valence-electron chi connectivity index (χ3n) is 3.84. The minimum Gasteiger partial charge on any atom is -0.340 e. The molecule has 1 atom stereocenters. The summed E-state index contributed by atoms with van der Waals surface area (Å²) in [4.78, 5) is 30.1. The summed E-state index contributed by atoms with van der Waals surface area (Å²) in [5.74, 6) is -0.0588. The van der Waals surface area contributed by atoms with Crippen molar-refractivity contribution in [2.45, 2.75) is 25.3 Å². The van der Waals surface area contributed by atoms with E-state index in [0.717, 1.165) is 16.9 Å². The van der Waals surface area contributed by atoms with Gasteiger partial charge in [0.15, 0.2) is 0 Å². The molecule has 5 nitrogen and oxygen atoms in total. The van der Waals surface area contributed by atoms with E-state index in [0.29, 0.717) is 19.4 Å². The van der Waals surface area contributed by atoms with Gasteiger partial charge in [-0.15, -0.1) is 11.3 Å².